The average molecular weight is 393 g/mol. The van der Waals surface area contributed by atoms with Crippen molar-refractivity contribution in [3.8, 4) is 0 Å². The lowest BCUT2D eigenvalue weighted by Crippen LogP contribution is -2.50. The predicted molar refractivity (Wildman–Crippen MR) is 108 cm³/mol. The van der Waals surface area contributed by atoms with Gasteiger partial charge in [0.05, 0.1) is 6.04 Å². The second kappa shape index (κ2) is 8.69. The third-order valence-corrected chi connectivity index (χ3v) is 5.48. The van der Waals surface area contributed by atoms with Crippen LogP contribution in [0.3, 0.4) is 0 Å². The molecule has 2 rings (SSSR count). The molecule has 0 bridgehead atoms. The minimum Gasteiger partial charge on any atom is -0.348 e. The van der Waals surface area contributed by atoms with Crippen molar-refractivity contribution < 1.29 is 9.59 Å². The molecule has 6 heteroatoms. The number of carbonyl (C=O) groups excluding carboxylic acids is 2. The van der Waals surface area contributed by atoms with Crippen LogP contribution >= 0.6 is 22.9 Å². The predicted octanol–water partition coefficient (Wildman–Crippen LogP) is 4.65. The van der Waals surface area contributed by atoms with Crippen LogP contribution in [0.2, 0.25) is 5.02 Å². The van der Waals surface area contributed by atoms with E-state index in [-0.39, 0.29) is 23.8 Å². The topological polar surface area (TPSA) is 58.2 Å². The third-order valence-electron chi connectivity index (χ3n) is 4.25. The highest BCUT2D eigenvalue weighted by atomic mass is 35.5. The van der Waals surface area contributed by atoms with Gasteiger partial charge in [0.1, 0.15) is 6.04 Å². The maximum atomic E-state index is 12.8. The lowest BCUT2D eigenvalue weighted by molar-refractivity contribution is -0.124. The summed E-state index contributed by atoms with van der Waals surface area (Å²) in [5, 5.41) is 6.43. The normalized spacial score (nSPS) is 13.3. The van der Waals surface area contributed by atoms with Crippen molar-refractivity contribution in [2.45, 2.75) is 46.7 Å². The zero-order valence-corrected chi connectivity index (χ0v) is 17.3. The first-order chi connectivity index (χ1) is 12.2. The molecule has 26 heavy (non-hydrogen) atoms. The molecule has 0 fully saturated rings. The van der Waals surface area contributed by atoms with Crippen molar-refractivity contribution in [1.29, 1.82) is 0 Å². The van der Waals surface area contributed by atoms with Gasteiger partial charge in [0.25, 0.3) is 5.91 Å². The summed E-state index contributed by atoms with van der Waals surface area (Å²) >= 11 is 7.57. The Balaban J connectivity index is 2.08. The minimum atomic E-state index is -0.610. The summed E-state index contributed by atoms with van der Waals surface area (Å²) in [5.41, 5.74) is 1.59. The Labute approximate surface area is 164 Å². The van der Waals surface area contributed by atoms with E-state index in [0.29, 0.717) is 10.6 Å². The molecule has 2 atom stereocenters. The summed E-state index contributed by atoms with van der Waals surface area (Å²) in [4.78, 5) is 27.6. The highest BCUT2D eigenvalue weighted by Gasteiger charge is 2.26. The van der Waals surface area contributed by atoms with Gasteiger partial charge >= 0.3 is 0 Å². The van der Waals surface area contributed by atoms with Crippen molar-refractivity contribution in [3.05, 3.63) is 56.2 Å². The maximum Gasteiger partial charge on any atom is 0.251 e. The molecule has 0 saturated heterocycles. The van der Waals surface area contributed by atoms with Crippen molar-refractivity contribution >= 4 is 34.8 Å². The van der Waals surface area contributed by atoms with Gasteiger partial charge in [0, 0.05) is 20.3 Å². The van der Waals surface area contributed by atoms with E-state index < -0.39 is 6.04 Å². The number of benzene rings is 1. The second-order valence-corrected chi connectivity index (χ2v) is 8.70. The fraction of sp³-hybridized carbons (Fsp3) is 0.400. The van der Waals surface area contributed by atoms with Gasteiger partial charge in [-0.3, -0.25) is 9.59 Å². The molecule has 2 amide bonds. The highest BCUT2D eigenvalue weighted by molar-refractivity contribution is 7.12. The number of aryl methyl sites for hydroxylation is 2. The Kier molecular flexibility index (Phi) is 6.84. The molecule has 0 aliphatic heterocycles. The lowest BCUT2D eigenvalue weighted by atomic mass is 10.0. The van der Waals surface area contributed by atoms with Crippen LogP contribution in [-0.2, 0) is 4.79 Å². The standard InChI is InChI=1S/C20H25ClN2O2S/c1-11(2)18(23-19(24)15-6-8-16(21)9-7-15)20(25)22-13(4)17-10-12(3)26-14(17)5/h6-11,13,18H,1-5H3,(H,22,25)(H,23,24). The first-order valence-electron chi connectivity index (χ1n) is 8.62. The molecular weight excluding hydrogens is 368 g/mol. The summed E-state index contributed by atoms with van der Waals surface area (Å²) in [6.45, 7) is 9.90. The molecular formula is C20H25ClN2O2S. The first kappa shape index (κ1) is 20.5. The van der Waals surface area contributed by atoms with Crippen LogP contribution in [0.1, 0.15) is 52.5 Å². The quantitative estimate of drug-likeness (QED) is 0.751. The van der Waals surface area contributed by atoms with Crippen LogP contribution in [0.15, 0.2) is 30.3 Å². The molecule has 0 saturated carbocycles. The molecule has 4 nitrogen and oxygen atoms in total. The van der Waals surface area contributed by atoms with Crippen LogP contribution < -0.4 is 10.6 Å². The van der Waals surface area contributed by atoms with Gasteiger partial charge in [0.2, 0.25) is 5.91 Å². The average Bonchev–Trinajstić information content (AvgIpc) is 2.91. The molecule has 0 radical (unpaired) electrons. The number of nitrogens with one attached hydrogen (secondary N) is 2. The van der Waals surface area contributed by atoms with Crippen LogP contribution in [0, 0.1) is 19.8 Å². The molecule has 1 heterocycles. The number of amides is 2. The molecule has 0 aliphatic rings. The Hall–Kier alpha value is -1.85. The summed E-state index contributed by atoms with van der Waals surface area (Å²) in [6, 6.07) is 7.98. The molecule has 2 aromatic rings. The number of hydrogen-bond acceptors (Lipinski definition) is 3. The number of carbonyl (C=O) groups is 2. The van der Waals surface area contributed by atoms with Gasteiger partial charge in [-0.15, -0.1) is 11.3 Å². The zero-order chi connectivity index (χ0) is 19.4. The van der Waals surface area contributed by atoms with E-state index in [1.165, 1.54) is 9.75 Å². The Bertz CT molecular complexity index is 784. The minimum absolute atomic E-state index is 0.0382. The van der Waals surface area contributed by atoms with Gasteiger partial charge in [-0.2, -0.15) is 0 Å². The molecule has 0 spiro atoms. The Morgan fingerprint density at radius 2 is 1.65 bits per heavy atom. The Morgan fingerprint density at radius 3 is 2.15 bits per heavy atom. The van der Waals surface area contributed by atoms with Crippen molar-refractivity contribution in [3.63, 3.8) is 0 Å². The van der Waals surface area contributed by atoms with Crippen molar-refractivity contribution in [2.75, 3.05) is 0 Å². The fourth-order valence-corrected chi connectivity index (χ4v) is 3.97. The fourth-order valence-electron chi connectivity index (χ4n) is 2.82. The van der Waals surface area contributed by atoms with E-state index in [1.54, 1.807) is 35.6 Å². The van der Waals surface area contributed by atoms with E-state index in [0.717, 1.165) is 5.56 Å². The van der Waals surface area contributed by atoms with Gasteiger partial charge < -0.3 is 10.6 Å². The number of halogens is 1. The van der Waals surface area contributed by atoms with Gasteiger partial charge in [-0.05, 0) is 62.6 Å². The zero-order valence-electron chi connectivity index (χ0n) is 15.7. The van der Waals surface area contributed by atoms with E-state index in [9.17, 15) is 9.59 Å². The summed E-state index contributed by atoms with van der Waals surface area (Å²) < 4.78 is 0. The highest BCUT2D eigenvalue weighted by Crippen LogP contribution is 2.26. The molecule has 1 aromatic heterocycles. The molecule has 2 unspecified atom stereocenters. The van der Waals surface area contributed by atoms with Crippen molar-refractivity contribution in [1.82, 2.24) is 10.6 Å². The molecule has 140 valence electrons. The molecule has 0 aliphatic carbocycles. The van der Waals surface area contributed by atoms with E-state index in [1.807, 2.05) is 20.8 Å². The maximum absolute atomic E-state index is 12.8. The van der Waals surface area contributed by atoms with Gasteiger partial charge in [-0.1, -0.05) is 25.4 Å². The summed E-state index contributed by atoms with van der Waals surface area (Å²) in [6.07, 6.45) is 0. The number of rotatable bonds is 6. The first-order valence-corrected chi connectivity index (χ1v) is 9.82. The van der Waals surface area contributed by atoms with E-state index in [4.69, 9.17) is 11.6 Å². The monoisotopic (exact) mass is 392 g/mol. The van der Waals surface area contributed by atoms with Crippen molar-refractivity contribution in [2.24, 2.45) is 5.92 Å². The van der Waals surface area contributed by atoms with Crippen LogP contribution in [0.25, 0.3) is 0 Å². The SMILES string of the molecule is Cc1cc(C(C)NC(=O)C(NC(=O)c2ccc(Cl)cc2)C(C)C)c(C)s1. The van der Waals surface area contributed by atoms with Crippen LogP contribution in [0.5, 0.6) is 0 Å². The van der Waals surface area contributed by atoms with Gasteiger partial charge in [0.15, 0.2) is 0 Å². The van der Waals surface area contributed by atoms with Crippen LogP contribution in [-0.4, -0.2) is 17.9 Å². The third kappa shape index (κ3) is 5.08. The lowest BCUT2D eigenvalue weighted by Gasteiger charge is -2.24. The smallest absolute Gasteiger partial charge is 0.251 e. The van der Waals surface area contributed by atoms with Gasteiger partial charge in [-0.25, -0.2) is 0 Å². The van der Waals surface area contributed by atoms with E-state index in [2.05, 4.69) is 30.5 Å². The number of hydrogen-bond donors (Lipinski definition) is 2. The number of thiophene rings is 1. The van der Waals surface area contributed by atoms with Crippen LogP contribution in [0.4, 0.5) is 0 Å². The Morgan fingerprint density at radius 1 is 1.04 bits per heavy atom. The largest absolute Gasteiger partial charge is 0.348 e. The summed E-state index contributed by atoms with van der Waals surface area (Å²) in [5.74, 6) is -0.507. The second-order valence-electron chi connectivity index (χ2n) is 6.80. The van der Waals surface area contributed by atoms with E-state index >= 15 is 0 Å². The molecule has 2 N–H and O–H groups in total. The summed E-state index contributed by atoms with van der Waals surface area (Å²) in [7, 11) is 0. The molecule has 1 aromatic carbocycles.